The van der Waals surface area contributed by atoms with Crippen molar-refractivity contribution in [3.63, 3.8) is 0 Å². The number of fused-ring (bicyclic) bond motifs is 1. The zero-order chi connectivity index (χ0) is 13.9. The topological polar surface area (TPSA) is 37.7 Å². The van der Waals surface area contributed by atoms with Gasteiger partial charge in [-0.25, -0.2) is 4.98 Å². The average molecular weight is 290 g/mol. The molecule has 1 aliphatic rings. The number of rotatable bonds is 2. The van der Waals surface area contributed by atoms with Gasteiger partial charge in [0.2, 0.25) is 0 Å². The highest BCUT2D eigenvalue weighted by Gasteiger charge is 2.08. The predicted octanol–water partition coefficient (Wildman–Crippen LogP) is 2.86. The number of halogens is 1. The first kappa shape index (κ1) is 13.3. The second-order valence-corrected chi connectivity index (χ2v) is 5.23. The maximum Gasteiger partial charge on any atom is 0.138 e. The molecule has 5 heteroatoms. The molecular weight excluding hydrogens is 274 g/mol. The Morgan fingerprint density at radius 2 is 2.10 bits per heavy atom. The summed E-state index contributed by atoms with van der Waals surface area (Å²) in [5, 5.41) is 7.99. The molecule has 0 aliphatic carbocycles. The van der Waals surface area contributed by atoms with Gasteiger partial charge in [-0.2, -0.15) is 5.10 Å². The van der Waals surface area contributed by atoms with Crippen LogP contribution in [0.2, 0.25) is 5.15 Å². The van der Waals surface area contributed by atoms with E-state index >= 15 is 0 Å². The first-order chi connectivity index (χ1) is 9.72. The fourth-order valence-electron chi connectivity index (χ4n) is 2.17. The number of benzene rings is 1. The van der Waals surface area contributed by atoms with Crippen molar-refractivity contribution in [2.24, 2.45) is 5.10 Å². The molecule has 0 N–H and O–H groups in total. The summed E-state index contributed by atoms with van der Waals surface area (Å²) < 4.78 is 5.29. The molecule has 0 spiro atoms. The highest BCUT2D eigenvalue weighted by Crippen LogP contribution is 2.20. The molecule has 1 aromatic carbocycles. The SMILES string of the molecule is Cc1ccc2cc(/C=N/N3CCOCC3)c(Cl)nc2c1. The largest absolute Gasteiger partial charge is 0.378 e. The van der Waals surface area contributed by atoms with Gasteiger partial charge in [0, 0.05) is 10.9 Å². The number of pyridine rings is 1. The van der Waals surface area contributed by atoms with Gasteiger partial charge < -0.3 is 4.74 Å². The van der Waals surface area contributed by atoms with E-state index in [-0.39, 0.29) is 0 Å². The van der Waals surface area contributed by atoms with Crippen LogP contribution in [0.5, 0.6) is 0 Å². The fourth-order valence-corrected chi connectivity index (χ4v) is 2.37. The lowest BCUT2D eigenvalue weighted by molar-refractivity contribution is 0.0397. The van der Waals surface area contributed by atoms with E-state index in [1.165, 1.54) is 5.56 Å². The summed E-state index contributed by atoms with van der Waals surface area (Å²) in [5.74, 6) is 0. The number of aromatic nitrogens is 1. The van der Waals surface area contributed by atoms with Gasteiger partial charge in [0.25, 0.3) is 0 Å². The monoisotopic (exact) mass is 289 g/mol. The van der Waals surface area contributed by atoms with E-state index in [1.807, 2.05) is 24.1 Å². The van der Waals surface area contributed by atoms with E-state index < -0.39 is 0 Å². The van der Waals surface area contributed by atoms with Crippen LogP contribution >= 0.6 is 11.6 Å². The van der Waals surface area contributed by atoms with E-state index in [1.54, 1.807) is 6.21 Å². The highest BCUT2D eigenvalue weighted by atomic mass is 35.5. The zero-order valence-corrected chi connectivity index (χ0v) is 12.1. The third-order valence-electron chi connectivity index (χ3n) is 3.30. The lowest BCUT2D eigenvalue weighted by atomic mass is 10.1. The van der Waals surface area contributed by atoms with Gasteiger partial charge in [0.1, 0.15) is 5.15 Å². The van der Waals surface area contributed by atoms with Crippen LogP contribution in [0, 0.1) is 6.92 Å². The number of hydrazone groups is 1. The summed E-state index contributed by atoms with van der Waals surface area (Å²) in [4.78, 5) is 4.43. The van der Waals surface area contributed by atoms with Crippen LogP contribution in [-0.4, -0.2) is 42.5 Å². The molecule has 2 aromatic rings. The molecule has 0 radical (unpaired) electrons. The van der Waals surface area contributed by atoms with Gasteiger partial charge in [-0.3, -0.25) is 5.01 Å². The second-order valence-electron chi connectivity index (χ2n) is 4.88. The molecule has 1 fully saturated rings. The second kappa shape index (κ2) is 5.77. The van der Waals surface area contributed by atoms with Gasteiger partial charge in [0.15, 0.2) is 0 Å². The molecule has 1 aliphatic heterocycles. The number of morpholine rings is 1. The summed E-state index contributed by atoms with van der Waals surface area (Å²) >= 11 is 6.23. The van der Waals surface area contributed by atoms with Crippen molar-refractivity contribution in [1.82, 2.24) is 9.99 Å². The van der Waals surface area contributed by atoms with Crippen LogP contribution in [0.15, 0.2) is 29.4 Å². The van der Waals surface area contributed by atoms with Crippen LogP contribution in [0.3, 0.4) is 0 Å². The lowest BCUT2D eigenvalue weighted by Gasteiger charge is -2.23. The number of hydrogen-bond donors (Lipinski definition) is 0. The van der Waals surface area contributed by atoms with E-state index in [0.717, 1.165) is 42.8 Å². The first-order valence-electron chi connectivity index (χ1n) is 6.66. The third kappa shape index (κ3) is 2.92. The summed E-state index contributed by atoms with van der Waals surface area (Å²) in [7, 11) is 0. The highest BCUT2D eigenvalue weighted by molar-refractivity contribution is 6.32. The van der Waals surface area contributed by atoms with Crippen molar-refractivity contribution >= 4 is 28.7 Å². The van der Waals surface area contributed by atoms with E-state index in [4.69, 9.17) is 16.3 Å². The maximum absolute atomic E-state index is 6.23. The van der Waals surface area contributed by atoms with Crippen LogP contribution < -0.4 is 0 Å². The minimum absolute atomic E-state index is 0.486. The molecule has 1 saturated heterocycles. The van der Waals surface area contributed by atoms with Crippen LogP contribution in [-0.2, 0) is 4.74 Å². The Bertz CT molecular complexity index is 651. The Morgan fingerprint density at radius 3 is 2.90 bits per heavy atom. The van der Waals surface area contributed by atoms with Crippen molar-refractivity contribution in [3.05, 3.63) is 40.5 Å². The van der Waals surface area contributed by atoms with Crippen molar-refractivity contribution < 1.29 is 4.74 Å². The van der Waals surface area contributed by atoms with Crippen molar-refractivity contribution in [3.8, 4) is 0 Å². The molecule has 0 amide bonds. The molecule has 1 aromatic heterocycles. The number of hydrogen-bond acceptors (Lipinski definition) is 4. The van der Waals surface area contributed by atoms with Gasteiger partial charge >= 0.3 is 0 Å². The molecule has 0 atom stereocenters. The number of ether oxygens (including phenoxy) is 1. The van der Waals surface area contributed by atoms with Crippen LogP contribution in [0.25, 0.3) is 10.9 Å². The van der Waals surface area contributed by atoms with Gasteiger partial charge in [-0.15, -0.1) is 0 Å². The molecule has 3 rings (SSSR count). The standard InChI is InChI=1S/C15H16ClN3O/c1-11-2-3-12-9-13(15(16)18-14(12)8-11)10-17-19-4-6-20-7-5-19/h2-3,8-10H,4-7H2,1H3/b17-10+. The van der Waals surface area contributed by atoms with E-state index in [0.29, 0.717) is 5.15 Å². The Morgan fingerprint density at radius 1 is 1.30 bits per heavy atom. The number of aryl methyl sites for hydroxylation is 1. The Hall–Kier alpha value is -1.65. The summed E-state index contributed by atoms with van der Waals surface area (Å²) in [6.45, 7) is 5.12. The summed E-state index contributed by atoms with van der Waals surface area (Å²) in [6.07, 6.45) is 1.78. The smallest absolute Gasteiger partial charge is 0.138 e. The number of nitrogens with zero attached hydrogens (tertiary/aromatic N) is 3. The predicted molar refractivity (Wildman–Crippen MR) is 81.5 cm³/mol. The Balaban J connectivity index is 1.89. The summed E-state index contributed by atoms with van der Waals surface area (Å²) in [6, 6.07) is 8.18. The minimum Gasteiger partial charge on any atom is -0.378 e. The molecular formula is C15H16ClN3O. The zero-order valence-electron chi connectivity index (χ0n) is 11.3. The molecule has 20 heavy (non-hydrogen) atoms. The molecule has 0 unspecified atom stereocenters. The Kier molecular flexibility index (Phi) is 3.85. The molecule has 0 bridgehead atoms. The van der Waals surface area contributed by atoms with Gasteiger partial charge in [0.05, 0.1) is 38.0 Å². The van der Waals surface area contributed by atoms with Crippen molar-refractivity contribution in [2.75, 3.05) is 26.3 Å². The average Bonchev–Trinajstić information content (AvgIpc) is 2.46. The molecule has 2 heterocycles. The molecule has 0 saturated carbocycles. The molecule has 104 valence electrons. The maximum atomic E-state index is 6.23. The van der Waals surface area contributed by atoms with Gasteiger partial charge in [-0.1, -0.05) is 23.7 Å². The fraction of sp³-hybridized carbons (Fsp3) is 0.333. The molecule has 4 nitrogen and oxygen atoms in total. The summed E-state index contributed by atoms with van der Waals surface area (Å²) in [5.41, 5.74) is 2.93. The van der Waals surface area contributed by atoms with Crippen molar-refractivity contribution in [1.29, 1.82) is 0 Å². The van der Waals surface area contributed by atoms with E-state index in [2.05, 4.69) is 22.2 Å². The third-order valence-corrected chi connectivity index (χ3v) is 3.60. The van der Waals surface area contributed by atoms with Crippen LogP contribution in [0.4, 0.5) is 0 Å². The van der Waals surface area contributed by atoms with Crippen LogP contribution in [0.1, 0.15) is 11.1 Å². The quantitative estimate of drug-likeness (QED) is 0.630. The Labute approximate surface area is 123 Å². The first-order valence-corrected chi connectivity index (χ1v) is 7.04. The van der Waals surface area contributed by atoms with Crippen molar-refractivity contribution in [2.45, 2.75) is 6.92 Å². The van der Waals surface area contributed by atoms with E-state index in [9.17, 15) is 0 Å². The minimum atomic E-state index is 0.486. The van der Waals surface area contributed by atoms with Gasteiger partial charge in [-0.05, 0) is 24.6 Å². The normalized spacial score (nSPS) is 16.2. The lowest BCUT2D eigenvalue weighted by Crippen LogP contribution is -2.32.